The second kappa shape index (κ2) is 11.6. The number of rotatable bonds is 8. The van der Waals surface area contributed by atoms with Crippen molar-refractivity contribution in [2.45, 2.75) is 39.7 Å². The van der Waals surface area contributed by atoms with E-state index in [1.807, 2.05) is 6.07 Å². The van der Waals surface area contributed by atoms with Crippen LogP contribution in [0.25, 0.3) is 11.1 Å². The Labute approximate surface area is 219 Å². The number of esters is 1. The number of nitrogens with one attached hydrogen (secondary N) is 1. The molecule has 3 aromatic rings. The molecule has 0 atom stereocenters. The number of hydrogen-bond donors (Lipinski definition) is 1. The van der Waals surface area contributed by atoms with Crippen molar-refractivity contribution >= 4 is 40.3 Å². The average molecular weight is 526 g/mol. The van der Waals surface area contributed by atoms with Gasteiger partial charge >= 0.3 is 5.97 Å². The normalized spacial score (nSPS) is 13.0. The number of amides is 1. The number of halogens is 3. The van der Waals surface area contributed by atoms with Crippen molar-refractivity contribution in [1.29, 1.82) is 0 Å². The molecule has 0 saturated carbocycles. The van der Waals surface area contributed by atoms with Gasteiger partial charge in [0.25, 0.3) is 0 Å². The Morgan fingerprint density at radius 3 is 2.51 bits per heavy atom. The summed E-state index contributed by atoms with van der Waals surface area (Å²) in [6.45, 7) is 3.27. The standard InChI is InChI=1S/C29H26ClF2NO4/c1-3-36-29(35)20-11-19(12-23(13-20)33-17(2)34)24-5-4-6-25(24)26-14-21(30)8-10-28(26)37-16-18-7-9-22(31)15-27(18)32/h7-15H,3-6,16H2,1-2H3,(H,33,34). The van der Waals surface area contributed by atoms with Crippen molar-refractivity contribution in [2.75, 3.05) is 11.9 Å². The highest BCUT2D eigenvalue weighted by molar-refractivity contribution is 6.30. The van der Waals surface area contributed by atoms with Crippen molar-refractivity contribution in [3.8, 4) is 5.75 Å². The number of ether oxygens (including phenoxy) is 2. The third-order valence-electron chi connectivity index (χ3n) is 6.00. The summed E-state index contributed by atoms with van der Waals surface area (Å²) in [7, 11) is 0. The molecular weight excluding hydrogens is 500 g/mol. The lowest BCUT2D eigenvalue weighted by molar-refractivity contribution is -0.114. The summed E-state index contributed by atoms with van der Waals surface area (Å²) in [6, 6.07) is 13.7. The molecule has 0 fully saturated rings. The molecule has 1 aliphatic carbocycles. The number of allylic oxidation sites excluding steroid dienone is 2. The van der Waals surface area contributed by atoms with E-state index in [-0.39, 0.29) is 24.7 Å². The molecule has 0 aromatic heterocycles. The lowest BCUT2D eigenvalue weighted by atomic mass is 9.94. The first-order valence-electron chi connectivity index (χ1n) is 11.9. The van der Waals surface area contributed by atoms with Crippen LogP contribution in [0.1, 0.15) is 60.2 Å². The van der Waals surface area contributed by atoms with E-state index in [1.54, 1.807) is 37.3 Å². The minimum atomic E-state index is -0.683. The summed E-state index contributed by atoms with van der Waals surface area (Å²) >= 11 is 6.34. The van der Waals surface area contributed by atoms with Crippen LogP contribution in [0, 0.1) is 11.6 Å². The second-order valence-corrected chi connectivity index (χ2v) is 9.11. The molecule has 192 valence electrons. The van der Waals surface area contributed by atoms with Crippen LogP contribution in [-0.4, -0.2) is 18.5 Å². The first kappa shape index (κ1) is 26.4. The van der Waals surface area contributed by atoms with Gasteiger partial charge in [-0.05, 0) is 91.4 Å². The molecule has 5 nitrogen and oxygen atoms in total. The molecule has 37 heavy (non-hydrogen) atoms. The van der Waals surface area contributed by atoms with Gasteiger partial charge in [0.15, 0.2) is 0 Å². The topological polar surface area (TPSA) is 64.6 Å². The summed E-state index contributed by atoms with van der Waals surface area (Å²) in [5.41, 5.74) is 4.54. The first-order chi connectivity index (χ1) is 17.7. The van der Waals surface area contributed by atoms with Crippen LogP contribution in [0.3, 0.4) is 0 Å². The quantitative estimate of drug-likeness (QED) is 0.311. The zero-order valence-electron chi connectivity index (χ0n) is 20.5. The van der Waals surface area contributed by atoms with Gasteiger partial charge < -0.3 is 14.8 Å². The van der Waals surface area contributed by atoms with Crippen LogP contribution >= 0.6 is 11.6 Å². The van der Waals surface area contributed by atoms with E-state index >= 15 is 0 Å². The van der Waals surface area contributed by atoms with Crippen LogP contribution < -0.4 is 10.1 Å². The van der Waals surface area contributed by atoms with E-state index < -0.39 is 17.6 Å². The minimum absolute atomic E-state index is 0.0889. The maximum Gasteiger partial charge on any atom is 0.338 e. The molecule has 3 aromatic carbocycles. The fourth-order valence-corrected chi connectivity index (χ4v) is 4.60. The van der Waals surface area contributed by atoms with Crippen LogP contribution in [0.4, 0.5) is 14.5 Å². The molecule has 1 N–H and O–H groups in total. The zero-order valence-corrected chi connectivity index (χ0v) is 21.3. The molecule has 0 spiro atoms. The van der Waals surface area contributed by atoms with Crippen molar-refractivity contribution in [1.82, 2.24) is 0 Å². The smallest absolute Gasteiger partial charge is 0.338 e. The fraction of sp³-hybridized carbons (Fsp3) is 0.241. The van der Waals surface area contributed by atoms with E-state index in [0.29, 0.717) is 22.0 Å². The maximum atomic E-state index is 14.2. The van der Waals surface area contributed by atoms with E-state index in [9.17, 15) is 18.4 Å². The summed E-state index contributed by atoms with van der Waals surface area (Å²) < 4.78 is 38.6. The number of carbonyl (C=O) groups excluding carboxylic acids is 2. The Balaban J connectivity index is 1.76. The van der Waals surface area contributed by atoms with Crippen molar-refractivity contribution in [3.63, 3.8) is 0 Å². The number of benzene rings is 3. The lowest BCUT2D eigenvalue weighted by Crippen LogP contribution is -2.10. The molecule has 8 heteroatoms. The van der Waals surface area contributed by atoms with Crippen LogP contribution in [0.5, 0.6) is 5.75 Å². The molecule has 1 amide bonds. The van der Waals surface area contributed by atoms with Gasteiger partial charge in [-0.1, -0.05) is 11.6 Å². The van der Waals surface area contributed by atoms with Crippen LogP contribution in [0.15, 0.2) is 54.6 Å². The van der Waals surface area contributed by atoms with E-state index in [4.69, 9.17) is 21.1 Å². The predicted molar refractivity (Wildman–Crippen MR) is 140 cm³/mol. The van der Waals surface area contributed by atoms with Crippen molar-refractivity contribution in [3.05, 3.63) is 93.5 Å². The van der Waals surface area contributed by atoms with Gasteiger partial charge in [0.1, 0.15) is 24.0 Å². The largest absolute Gasteiger partial charge is 0.488 e. The van der Waals surface area contributed by atoms with E-state index in [0.717, 1.165) is 47.6 Å². The van der Waals surface area contributed by atoms with Crippen LogP contribution in [-0.2, 0) is 16.1 Å². The monoisotopic (exact) mass is 525 g/mol. The molecule has 0 bridgehead atoms. The van der Waals surface area contributed by atoms with Gasteiger partial charge in [-0.3, -0.25) is 4.79 Å². The SMILES string of the molecule is CCOC(=O)c1cc(NC(C)=O)cc(C2=C(c3cc(Cl)ccc3OCc3ccc(F)cc3F)CCC2)c1. The highest BCUT2D eigenvalue weighted by atomic mass is 35.5. The molecule has 0 saturated heterocycles. The molecule has 0 aliphatic heterocycles. The summed E-state index contributed by atoms with van der Waals surface area (Å²) in [5.74, 6) is -1.57. The predicted octanol–water partition coefficient (Wildman–Crippen LogP) is 7.43. The average Bonchev–Trinajstić information content (AvgIpc) is 3.33. The molecule has 4 rings (SSSR count). The van der Waals surface area contributed by atoms with Gasteiger partial charge in [0.2, 0.25) is 5.91 Å². The number of carbonyl (C=O) groups is 2. The van der Waals surface area contributed by atoms with Crippen molar-refractivity contribution < 1.29 is 27.8 Å². The maximum absolute atomic E-state index is 14.2. The van der Waals surface area contributed by atoms with Gasteiger partial charge in [0, 0.05) is 34.8 Å². The van der Waals surface area contributed by atoms with E-state index in [2.05, 4.69) is 5.32 Å². The second-order valence-electron chi connectivity index (χ2n) is 8.68. The molecule has 0 heterocycles. The third-order valence-corrected chi connectivity index (χ3v) is 6.23. The van der Waals surface area contributed by atoms with Gasteiger partial charge in [0.05, 0.1) is 12.2 Å². The third kappa shape index (κ3) is 6.35. The fourth-order valence-electron chi connectivity index (χ4n) is 4.43. The van der Waals surface area contributed by atoms with Gasteiger partial charge in [-0.25, -0.2) is 13.6 Å². The number of anilines is 1. The number of hydrogen-bond acceptors (Lipinski definition) is 4. The van der Waals surface area contributed by atoms with Gasteiger partial charge in [-0.2, -0.15) is 0 Å². The molecule has 0 radical (unpaired) electrons. The van der Waals surface area contributed by atoms with Crippen molar-refractivity contribution in [2.24, 2.45) is 0 Å². The lowest BCUT2D eigenvalue weighted by Gasteiger charge is -2.16. The Hall–Kier alpha value is -3.71. The Morgan fingerprint density at radius 1 is 1.00 bits per heavy atom. The molecular formula is C29H26ClF2NO4. The zero-order chi connectivity index (χ0) is 26.5. The molecule has 1 aliphatic rings. The highest BCUT2D eigenvalue weighted by Gasteiger charge is 2.23. The Bertz CT molecular complexity index is 1390. The summed E-state index contributed by atoms with van der Waals surface area (Å²) in [4.78, 5) is 24.3. The van der Waals surface area contributed by atoms with Crippen LogP contribution in [0.2, 0.25) is 5.02 Å². The Morgan fingerprint density at radius 2 is 1.78 bits per heavy atom. The first-order valence-corrected chi connectivity index (χ1v) is 12.3. The minimum Gasteiger partial charge on any atom is -0.488 e. The van der Waals surface area contributed by atoms with E-state index in [1.165, 1.54) is 19.1 Å². The summed E-state index contributed by atoms with van der Waals surface area (Å²) in [6.07, 6.45) is 2.33. The Kier molecular flexibility index (Phi) is 8.24. The van der Waals surface area contributed by atoms with Gasteiger partial charge in [-0.15, -0.1) is 0 Å². The highest BCUT2D eigenvalue weighted by Crippen LogP contribution is 2.44. The summed E-state index contributed by atoms with van der Waals surface area (Å²) in [5, 5.41) is 3.26. The molecule has 0 unspecified atom stereocenters.